The number of methoxy groups -OCH3 is 1. The minimum atomic E-state index is -2.69. The number of carbonyl (C=O) groups excluding carboxylic acids is 2. The minimum absolute atomic E-state index is 0.0822. The van der Waals surface area contributed by atoms with Crippen LogP contribution >= 0.6 is 0 Å². The average Bonchev–Trinajstić information content (AvgIpc) is 3.17. The van der Waals surface area contributed by atoms with Crippen LogP contribution in [0.4, 0.5) is 13.6 Å². The average molecular weight is 541 g/mol. The number of fused-ring (bicyclic) bond motifs is 1. The van der Waals surface area contributed by atoms with Gasteiger partial charge in [-0.1, -0.05) is 12.1 Å². The molecule has 9 heteroatoms. The standard InChI is InChI=1S/C30H34F2N2O5/c1-18-14-24(35)22(21-10-12-34(25(18)21)27(37)39-28(2,3)4)16-33-13-11-29(17-30(29,31)32)15-23(33)19-6-8-20(9-7-19)26(36)38-5/h6-10,12,14,23,35H,11,13,15-17H2,1-5H3/t23-,29?/m0/s1. The number of aromatic hydroxyl groups is 1. The maximum Gasteiger partial charge on any atom is 0.419 e. The van der Waals surface area contributed by atoms with Crippen molar-refractivity contribution in [2.24, 2.45) is 5.41 Å². The molecule has 0 bridgehead atoms. The summed E-state index contributed by atoms with van der Waals surface area (Å²) in [5.74, 6) is -3.07. The number of likely N-dealkylation sites (tertiary alicyclic amines) is 1. The van der Waals surface area contributed by atoms with E-state index in [9.17, 15) is 23.5 Å². The third kappa shape index (κ3) is 4.88. The normalized spacial score (nSPS) is 22.7. The van der Waals surface area contributed by atoms with Crippen molar-refractivity contribution in [1.82, 2.24) is 9.47 Å². The quantitative estimate of drug-likeness (QED) is 0.376. The van der Waals surface area contributed by atoms with Gasteiger partial charge in [0.2, 0.25) is 0 Å². The second-order valence-corrected chi connectivity index (χ2v) is 11.8. The Bertz CT molecular complexity index is 1440. The van der Waals surface area contributed by atoms with Crippen molar-refractivity contribution in [3.8, 4) is 5.75 Å². The second kappa shape index (κ2) is 9.33. The molecule has 1 aliphatic heterocycles. The summed E-state index contributed by atoms with van der Waals surface area (Å²) in [7, 11) is 1.31. The Morgan fingerprint density at radius 2 is 1.82 bits per heavy atom. The van der Waals surface area contributed by atoms with Gasteiger partial charge in [-0.25, -0.2) is 18.4 Å². The van der Waals surface area contributed by atoms with Gasteiger partial charge in [-0.05, 0) is 82.5 Å². The van der Waals surface area contributed by atoms with Crippen molar-refractivity contribution in [1.29, 1.82) is 0 Å². The third-order valence-corrected chi connectivity index (χ3v) is 8.03. The molecule has 2 atom stereocenters. The lowest BCUT2D eigenvalue weighted by Gasteiger charge is -2.40. The Kier molecular flexibility index (Phi) is 6.49. The van der Waals surface area contributed by atoms with Crippen molar-refractivity contribution >= 4 is 23.0 Å². The Hall–Kier alpha value is -3.46. The highest BCUT2D eigenvalue weighted by molar-refractivity contribution is 5.95. The number of ether oxygens (including phenoxy) is 2. The van der Waals surface area contributed by atoms with Crippen molar-refractivity contribution in [3.63, 3.8) is 0 Å². The zero-order valence-electron chi connectivity index (χ0n) is 22.9. The number of rotatable bonds is 4. The molecule has 2 aliphatic rings. The van der Waals surface area contributed by atoms with Gasteiger partial charge in [-0.15, -0.1) is 0 Å². The van der Waals surface area contributed by atoms with Crippen LogP contribution in [0.25, 0.3) is 10.9 Å². The summed E-state index contributed by atoms with van der Waals surface area (Å²) >= 11 is 0. The maximum absolute atomic E-state index is 14.5. The smallest absolute Gasteiger partial charge is 0.419 e. The van der Waals surface area contributed by atoms with Gasteiger partial charge in [0, 0.05) is 41.6 Å². The van der Waals surface area contributed by atoms with Crippen LogP contribution in [0.2, 0.25) is 0 Å². The van der Waals surface area contributed by atoms with E-state index in [2.05, 4.69) is 4.90 Å². The number of phenolic OH excluding ortho intramolecular Hbond substituents is 1. The summed E-state index contributed by atoms with van der Waals surface area (Å²) in [5, 5.41) is 11.7. The number of halogens is 2. The Balaban J connectivity index is 1.51. The number of piperidine rings is 1. The number of phenols is 1. The number of aryl methyl sites for hydroxylation is 1. The molecule has 208 valence electrons. The van der Waals surface area contributed by atoms with E-state index in [1.54, 1.807) is 63.4 Å². The number of esters is 1. The van der Waals surface area contributed by atoms with E-state index >= 15 is 0 Å². The third-order valence-electron chi connectivity index (χ3n) is 8.03. The van der Waals surface area contributed by atoms with Gasteiger partial charge >= 0.3 is 12.1 Å². The SMILES string of the molecule is COC(=O)c1ccc([C@@H]2CC3(CCN2Cc2c(O)cc(C)c4c2ccn4C(=O)OC(C)(C)C)CC3(F)F)cc1. The minimum Gasteiger partial charge on any atom is -0.508 e. The summed E-state index contributed by atoms with van der Waals surface area (Å²) in [5.41, 5.74) is 1.47. The molecule has 1 aromatic heterocycles. The van der Waals surface area contributed by atoms with Crippen LogP contribution in [0.3, 0.4) is 0 Å². The first-order chi connectivity index (χ1) is 18.2. The summed E-state index contributed by atoms with van der Waals surface area (Å²) in [6.45, 7) is 7.92. The first-order valence-electron chi connectivity index (χ1n) is 13.1. The molecule has 1 saturated heterocycles. The lowest BCUT2D eigenvalue weighted by atomic mass is 9.83. The number of aromatic nitrogens is 1. The molecule has 5 rings (SSSR count). The molecule has 1 saturated carbocycles. The van der Waals surface area contributed by atoms with Crippen LogP contribution in [-0.2, 0) is 16.0 Å². The molecule has 0 amide bonds. The molecule has 3 aromatic rings. The lowest BCUT2D eigenvalue weighted by Crippen LogP contribution is -2.39. The largest absolute Gasteiger partial charge is 0.508 e. The van der Waals surface area contributed by atoms with Crippen LogP contribution < -0.4 is 0 Å². The molecule has 2 fully saturated rings. The van der Waals surface area contributed by atoms with Gasteiger partial charge in [-0.2, -0.15) is 0 Å². The molecule has 7 nitrogen and oxygen atoms in total. The van der Waals surface area contributed by atoms with Gasteiger partial charge in [0.15, 0.2) is 0 Å². The fraction of sp³-hybridized carbons (Fsp3) is 0.467. The molecule has 2 heterocycles. The van der Waals surface area contributed by atoms with E-state index in [-0.39, 0.29) is 24.6 Å². The summed E-state index contributed by atoms with van der Waals surface area (Å²) < 4.78 is 40.8. The predicted molar refractivity (Wildman–Crippen MR) is 142 cm³/mol. The van der Waals surface area contributed by atoms with Crippen molar-refractivity contribution in [3.05, 3.63) is 64.8 Å². The Morgan fingerprint density at radius 1 is 1.15 bits per heavy atom. The summed E-state index contributed by atoms with van der Waals surface area (Å²) in [6.07, 6.45) is 1.62. The number of benzene rings is 2. The van der Waals surface area contributed by atoms with Crippen molar-refractivity contribution in [2.45, 2.75) is 71.1 Å². The monoisotopic (exact) mass is 540 g/mol. The van der Waals surface area contributed by atoms with Crippen LogP contribution in [-0.4, -0.2) is 51.8 Å². The fourth-order valence-electron chi connectivity index (χ4n) is 5.87. The number of carbonyl (C=O) groups is 2. The van der Waals surface area contributed by atoms with Crippen molar-refractivity contribution < 1.29 is 33.0 Å². The van der Waals surface area contributed by atoms with E-state index in [4.69, 9.17) is 9.47 Å². The Morgan fingerprint density at radius 3 is 2.41 bits per heavy atom. The van der Waals surface area contributed by atoms with Gasteiger partial charge < -0.3 is 14.6 Å². The first-order valence-corrected chi connectivity index (χ1v) is 13.1. The number of hydrogen-bond acceptors (Lipinski definition) is 6. The molecular weight excluding hydrogens is 506 g/mol. The van der Waals surface area contributed by atoms with Gasteiger partial charge in [-0.3, -0.25) is 9.47 Å². The van der Waals surface area contributed by atoms with Crippen molar-refractivity contribution in [2.75, 3.05) is 13.7 Å². The molecule has 2 aromatic carbocycles. The Labute approximate surface area is 226 Å². The molecule has 1 spiro atoms. The molecule has 0 radical (unpaired) electrons. The van der Waals surface area contributed by atoms with Crippen LogP contribution in [0.1, 0.15) is 73.1 Å². The van der Waals surface area contributed by atoms with E-state index in [0.717, 1.165) is 5.56 Å². The highest BCUT2D eigenvalue weighted by Crippen LogP contribution is 2.68. The lowest BCUT2D eigenvalue weighted by molar-refractivity contribution is 0.00631. The zero-order chi connectivity index (χ0) is 28.3. The topological polar surface area (TPSA) is 81.0 Å². The first kappa shape index (κ1) is 27.1. The number of hydrogen-bond donors (Lipinski definition) is 1. The molecule has 39 heavy (non-hydrogen) atoms. The highest BCUT2D eigenvalue weighted by atomic mass is 19.3. The van der Waals surface area contributed by atoms with E-state index in [1.165, 1.54) is 11.7 Å². The molecule has 1 unspecified atom stereocenters. The van der Waals surface area contributed by atoms with Gasteiger partial charge in [0.05, 0.1) is 18.2 Å². The molecule has 1 aliphatic carbocycles. The number of nitrogens with zero attached hydrogens (tertiary/aromatic N) is 2. The van der Waals surface area contributed by atoms with E-state index in [1.807, 2.05) is 6.92 Å². The molecule has 1 N–H and O–H groups in total. The second-order valence-electron chi connectivity index (χ2n) is 11.8. The van der Waals surface area contributed by atoms with Crippen LogP contribution in [0.15, 0.2) is 42.6 Å². The van der Waals surface area contributed by atoms with E-state index < -0.39 is 29.0 Å². The summed E-state index contributed by atoms with van der Waals surface area (Å²) in [6, 6.07) is 9.92. The maximum atomic E-state index is 14.5. The zero-order valence-corrected chi connectivity index (χ0v) is 22.9. The van der Waals surface area contributed by atoms with Gasteiger partial charge in [0.25, 0.3) is 5.92 Å². The highest BCUT2D eigenvalue weighted by Gasteiger charge is 2.71. The molecular formula is C30H34F2N2O5. The number of alkyl halides is 2. The summed E-state index contributed by atoms with van der Waals surface area (Å²) in [4.78, 5) is 26.9. The van der Waals surface area contributed by atoms with Gasteiger partial charge in [0.1, 0.15) is 11.4 Å². The van der Waals surface area contributed by atoms with Crippen LogP contribution in [0, 0.1) is 12.3 Å². The predicted octanol–water partition coefficient (Wildman–Crippen LogP) is 6.59. The van der Waals surface area contributed by atoms with E-state index in [0.29, 0.717) is 47.1 Å². The fourth-order valence-corrected chi connectivity index (χ4v) is 5.87. The van der Waals surface area contributed by atoms with Crippen LogP contribution in [0.5, 0.6) is 5.75 Å².